The number of rotatable bonds is 11. The van der Waals surface area contributed by atoms with Crippen molar-refractivity contribution in [1.29, 1.82) is 0 Å². The molecule has 2 N–H and O–H groups in total. The molecule has 0 heterocycles. The van der Waals surface area contributed by atoms with Crippen LogP contribution in [0.15, 0.2) is 0 Å². The van der Waals surface area contributed by atoms with Crippen molar-refractivity contribution < 1.29 is 9.90 Å². The van der Waals surface area contributed by atoms with E-state index in [1.807, 2.05) is 0 Å². The number of nitrogens with one attached hydrogen (secondary N) is 1. The van der Waals surface area contributed by atoms with E-state index >= 15 is 0 Å². The first-order chi connectivity index (χ1) is 7.68. The van der Waals surface area contributed by atoms with Crippen molar-refractivity contribution in [2.24, 2.45) is 0 Å². The van der Waals surface area contributed by atoms with Gasteiger partial charge < -0.3 is 10.4 Å². The van der Waals surface area contributed by atoms with Crippen LogP contribution in [0.3, 0.4) is 0 Å². The van der Waals surface area contributed by atoms with E-state index in [2.05, 4.69) is 12.2 Å². The first-order valence-corrected chi connectivity index (χ1v) is 6.64. The molecular weight excluding hydrogens is 225 g/mol. The second kappa shape index (κ2) is 14.5. The third-order valence-electron chi connectivity index (χ3n) is 2.85. The summed E-state index contributed by atoms with van der Waals surface area (Å²) in [6, 6.07) is -0.412. The minimum Gasteiger partial charge on any atom is -0.480 e. The summed E-state index contributed by atoms with van der Waals surface area (Å²) in [6.45, 7) is 4.74. The summed E-state index contributed by atoms with van der Waals surface area (Å²) in [7, 11) is 0. The number of aliphatic carboxylic acids is 1. The Balaban J connectivity index is 0. The molecule has 0 rings (SSSR count). The maximum Gasteiger partial charge on any atom is 0.320 e. The third-order valence-corrected chi connectivity index (χ3v) is 2.85. The Kier molecular flexibility index (Phi) is 16.8. The second-order valence-electron chi connectivity index (χ2n) is 4.49. The monoisotopic (exact) mass is 252 g/mol. The van der Waals surface area contributed by atoms with Gasteiger partial charge in [0.05, 0.1) is 0 Å². The fraction of sp³-hybridized carbons (Fsp3) is 0.923. The van der Waals surface area contributed by atoms with Crippen LogP contribution in [-0.2, 0) is 4.79 Å². The molecule has 0 spiro atoms. The molecule has 97 valence electrons. The minimum atomic E-state index is -0.764. The molecule has 4 heteroatoms. The predicted octanol–water partition coefficient (Wildman–Crippen LogP) is 2.81. The van der Waals surface area contributed by atoms with Crippen molar-refractivity contribution in [2.45, 2.75) is 71.3 Å². The SMILES string of the molecule is CCCCCCCCCCN[C@@H](C)C(=O)O.[Na]. The Labute approximate surface area is 128 Å². The van der Waals surface area contributed by atoms with Gasteiger partial charge in [-0.3, -0.25) is 4.79 Å². The molecule has 0 amide bonds. The number of carboxylic acid groups (broad SMARTS) is 1. The van der Waals surface area contributed by atoms with Gasteiger partial charge in [0.15, 0.2) is 0 Å². The zero-order valence-electron chi connectivity index (χ0n) is 11.8. The molecule has 17 heavy (non-hydrogen) atoms. The molecule has 0 fully saturated rings. The van der Waals surface area contributed by atoms with Gasteiger partial charge in [-0.05, 0) is 19.9 Å². The number of hydrogen-bond donors (Lipinski definition) is 2. The van der Waals surface area contributed by atoms with Crippen LogP contribution in [0, 0.1) is 0 Å². The molecule has 1 atom stereocenters. The van der Waals surface area contributed by atoms with Crippen LogP contribution in [-0.4, -0.2) is 53.2 Å². The number of carbonyl (C=O) groups is 1. The normalized spacial score (nSPS) is 11.9. The summed E-state index contributed by atoms with van der Waals surface area (Å²) in [5.74, 6) is -0.764. The summed E-state index contributed by atoms with van der Waals surface area (Å²) in [4.78, 5) is 10.5. The maximum absolute atomic E-state index is 10.5. The van der Waals surface area contributed by atoms with Crippen molar-refractivity contribution in [3.05, 3.63) is 0 Å². The van der Waals surface area contributed by atoms with E-state index in [1.54, 1.807) is 6.92 Å². The molecule has 3 nitrogen and oxygen atoms in total. The van der Waals surface area contributed by atoms with Gasteiger partial charge in [-0.25, -0.2) is 0 Å². The Bertz CT molecular complexity index is 177. The maximum atomic E-state index is 10.5. The van der Waals surface area contributed by atoms with Crippen LogP contribution in [0.25, 0.3) is 0 Å². The van der Waals surface area contributed by atoms with Crippen molar-refractivity contribution in [1.82, 2.24) is 5.32 Å². The van der Waals surface area contributed by atoms with E-state index < -0.39 is 12.0 Å². The average Bonchev–Trinajstić information content (AvgIpc) is 2.26. The molecule has 0 bridgehead atoms. The zero-order chi connectivity index (χ0) is 12.2. The van der Waals surface area contributed by atoms with Gasteiger partial charge in [0.2, 0.25) is 0 Å². The molecule has 0 aromatic heterocycles. The second-order valence-corrected chi connectivity index (χ2v) is 4.49. The quantitative estimate of drug-likeness (QED) is 0.439. The summed E-state index contributed by atoms with van der Waals surface area (Å²) in [5, 5.41) is 11.6. The van der Waals surface area contributed by atoms with Gasteiger partial charge >= 0.3 is 5.97 Å². The molecule has 0 aliphatic carbocycles. The van der Waals surface area contributed by atoms with Crippen LogP contribution in [0.2, 0.25) is 0 Å². The number of unbranched alkanes of at least 4 members (excludes halogenated alkanes) is 7. The fourth-order valence-corrected chi connectivity index (χ4v) is 1.66. The Morgan fingerprint density at radius 1 is 1.06 bits per heavy atom. The molecule has 0 aromatic rings. The van der Waals surface area contributed by atoms with E-state index in [4.69, 9.17) is 5.11 Å². The van der Waals surface area contributed by atoms with Gasteiger partial charge in [0.25, 0.3) is 0 Å². The van der Waals surface area contributed by atoms with Crippen molar-refractivity contribution >= 4 is 35.5 Å². The topological polar surface area (TPSA) is 49.3 Å². The van der Waals surface area contributed by atoms with Gasteiger partial charge in [0, 0.05) is 29.6 Å². The number of carboxylic acids is 1. The van der Waals surface area contributed by atoms with E-state index in [0.29, 0.717) is 0 Å². The first-order valence-electron chi connectivity index (χ1n) is 6.64. The summed E-state index contributed by atoms with van der Waals surface area (Å²) in [5.41, 5.74) is 0. The molecule has 0 unspecified atom stereocenters. The van der Waals surface area contributed by atoms with E-state index in [0.717, 1.165) is 13.0 Å². The molecule has 0 aliphatic rings. The predicted molar refractivity (Wildman–Crippen MR) is 73.5 cm³/mol. The largest absolute Gasteiger partial charge is 0.480 e. The van der Waals surface area contributed by atoms with Crippen LogP contribution in [0.1, 0.15) is 65.2 Å². The van der Waals surface area contributed by atoms with Crippen LogP contribution in [0.4, 0.5) is 0 Å². The molecule has 0 aromatic carbocycles. The Morgan fingerprint density at radius 3 is 2.00 bits per heavy atom. The standard InChI is InChI=1S/C13H27NO2.Na/c1-3-4-5-6-7-8-9-10-11-14-12(2)13(15)16;/h12,14H,3-11H2,1-2H3,(H,15,16);/t12-;/m0./s1. The van der Waals surface area contributed by atoms with Crippen LogP contribution in [0.5, 0.6) is 0 Å². The third kappa shape index (κ3) is 14.4. The first kappa shape index (κ1) is 19.8. The molecule has 1 radical (unpaired) electrons. The zero-order valence-corrected chi connectivity index (χ0v) is 13.8. The van der Waals surface area contributed by atoms with Gasteiger partial charge in [-0.1, -0.05) is 51.9 Å². The molecule has 0 saturated heterocycles. The molecule has 0 aliphatic heterocycles. The molecular formula is C13H27NNaO2. The van der Waals surface area contributed by atoms with E-state index in [-0.39, 0.29) is 29.6 Å². The Morgan fingerprint density at radius 2 is 1.53 bits per heavy atom. The van der Waals surface area contributed by atoms with Gasteiger partial charge in [-0.15, -0.1) is 0 Å². The summed E-state index contributed by atoms with van der Waals surface area (Å²) < 4.78 is 0. The minimum absolute atomic E-state index is 0. The van der Waals surface area contributed by atoms with Gasteiger partial charge in [-0.2, -0.15) is 0 Å². The average molecular weight is 252 g/mol. The molecule has 0 saturated carbocycles. The Hall–Kier alpha value is 0.430. The number of hydrogen-bond acceptors (Lipinski definition) is 2. The van der Waals surface area contributed by atoms with Crippen molar-refractivity contribution in [2.75, 3.05) is 6.54 Å². The van der Waals surface area contributed by atoms with E-state index in [9.17, 15) is 4.79 Å². The smallest absolute Gasteiger partial charge is 0.320 e. The van der Waals surface area contributed by atoms with Gasteiger partial charge in [0.1, 0.15) is 6.04 Å². The van der Waals surface area contributed by atoms with Crippen molar-refractivity contribution in [3.63, 3.8) is 0 Å². The fourth-order valence-electron chi connectivity index (χ4n) is 1.66. The van der Waals surface area contributed by atoms with Crippen LogP contribution >= 0.6 is 0 Å². The summed E-state index contributed by atoms with van der Waals surface area (Å²) in [6.07, 6.45) is 10.3. The van der Waals surface area contributed by atoms with E-state index in [1.165, 1.54) is 44.9 Å². The van der Waals surface area contributed by atoms with Crippen LogP contribution < -0.4 is 5.32 Å². The van der Waals surface area contributed by atoms with Crippen molar-refractivity contribution in [3.8, 4) is 0 Å². The summed E-state index contributed by atoms with van der Waals surface area (Å²) >= 11 is 0.